The number of benzene rings is 1. The largest absolute Gasteiger partial charge is 0.369 e. The predicted molar refractivity (Wildman–Crippen MR) is 77.9 cm³/mol. The second-order valence-electron chi connectivity index (χ2n) is 4.84. The maximum atomic E-state index is 4.77. The molecular formula is C14H16BrN3. The SMILES string of the molecule is Cc1ccccc1-c1nn2c(c1Br)NCCC2C. The van der Waals surface area contributed by atoms with Gasteiger partial charge >= 0.3 is 0 Å². The third-order valence-electron chi connectivity index (χ3n) is 3.52. The van der Waals surface area contributed by atoms with Crippen LogP contribution >= 0.6 is 15.9 Å². The molecule has 1 aliphatic heterocycles. The Hall–Kier alpha value is -1.29. The number of rotatable bonds is 1. The zero-order valence-corrected chi connectivity index (χ0v) is 12.2. The lowest BCUT2D eigenvalue weighted by Crippen LogP contribution is -2.21. The molecule has 0 radical (unpaired) electrons. The van der Waals surface area contributed by atoms with Crippen LogP contribution in [0.15, 0.2) is 28.7 Å². The summed E-state index contributed by atoms with van der Waals surface area (Å²) in [5, 5.41) is 8.19. The van der Waals surface area contributed by atoms with E-state index in [1.54, 1.807) is 0 Å². The Labute approximate surface area is 115 Å². The molecule has 1 aliphatic rings. The predicted octanol–water partition coefficient (Wildman–Crippen LogP) is 4.00. The van der Waals surface area contributed by atoms with Crippen molar-refractivity contribution < 1.29 is 0 Å². The Kier molecular flexibility index (Phi) is 2.90. The first kappa shape index (κ1) is 11.8. The van der Waals surface area contributed by atoms with Crippen molar-refractivity contribution in [1.82, 2.24) is 9.78 Å². The molecule has 4 heteroatoms. The molecule has 1 aromatic carbocycles. The van der Waals surface area contributed by atoms with Gasteiger partial charge < -0.3 is 5.32 Å². The van der Waals surface area contributed by atoms with Gasteiger partial charge in [-0.3, -0.25) is 0 Å². The molecule has 1 unspecified atom stereocenters. The number of aromatic nitrogens is 2. The van der Waals surface area contributed by atoms with Crippen molar-refractivity contribution in [3.63, 3.8) is 0 Å². The third kappa shape index (κ3) is 1.75. The summed E-state index contributed by atoms with van der Waals surface area (Å²) in [5.41, 5.74) is 3.48. The van der Waals surface area contributed by atoms with E-state index in [9.17, 15) is 0 Å². The van der Waals surface area contributed by atoms with Gasteiger partial charge in [-0.05, 0) is 41.8 Å². The summed E-state index contributed by atoms with van der Waals surface area (Å²) < 4.78 is 3.17. The van der Waals surface area contributed by atoms with Gasteiger partial charge in [-0.25, -0.2) is 4.68 Å². The highest BCUT2D eigenvalue weighted by atomic mass is 79.9. The lowest BCUT2D eigenvalue weighted by atomic mass is 10.1. The second kappa shape index (κ2) is 4.43. The third-order valence-corrected chi connectivity index (χ3v) is 4.28. The van der Waals surface area contributed by atoms with Crippen molar-refractivity contribution in [2.45, 2.75) is 26.3 Å². The summed E-state index contributed by atoms with van der Waals surface area (Å²) in [7, 11) is 0. The number of fused-ring (bicyclic) bond motifs is 1. The van der Waals surface area contributed by atoms with Gasteiger partial charge in [0.25, 0.3) is 0 Å². The van der Waals surface area contributed by atoms with Crippen LogP contribution in [0.3, 0.4) is 0 Å². The Bertz CT molecular complexity index is 589. The van der Waals surface area contributed by atoms with Crippen LogP contribution in [0.4, 0.5) is 5.82 Å². The number of nitrogens with zero attached hydrogens (tertiary/aromatic N) is 2. The zero-order valence-electron chi connectivity index (χ0n) is 10.6. The van der Waals surface area contributed by atoms with Gasteiger partial charge in [0.05, 0.1) is 10.5 Å². The summed E-state index contributed by atoms with van der Waals surface area (Å²) in [5.74, 6) is 1.10. The monoisotopic (exact) mass is 305 g/mol. The lowest BCUT2D eigenvalue weighted by molar-refractivity contribution is 0.454. The minimum atomic E-state index is 0.454. The van der Waals surface area contributed by atoms with Gasteiger partial charge in [0.1, 0.15) is 11.5 Å². The van der Waals surface area contributed by atoms with E-state index in [0.29, 0.717) is 6.04 Å². The molecule has 0 spiro atoms. The van der Waals surface area contributed by atoms with Crippen LogP contribution in [-0.4, -0.2) is 16.3 Å². The minimum Gasteiger partial charge on any atom is -0.369 e. The fourth-order valence-electron chi connectivity index (χ4n) is 2.42. The fraction of sp³-hybridized carbons (Fsp3) is 0.357. The molecule has 0 bridgehead atoms. The van der Waals surface area contributed by atoms with Crippen molar-refractivity contribution in [3.8, 4) is 11.3 Å². The van der Waals surface area contributed by atoms with Crippen LogP contribution in [0.5, 0.6) is 0 Å². The Balaban J connectivity index is 2.17. The first-order valence-corrected chi connectivity index (χ1v) is 7.05. The molecule has 0 aliphatic carbocycles. The van der Waals surface area contributed by atoms with E-state index in [2.05, 4.69) is 64.0 Å². The van der Waals surface area contributed by atoms with Gasteiger partial charge in [0.15, 0.2) is 0 Å². The quantitative estimate of drug-likeness (QED) is 0.863. The van der Waals surface area contributed by atoms with Crippen LogP contribution < -0.4 is 5.32 Å². The number of anilines is 1. The first-order valence-electron chi connectivity index (χ1n) is 6.26. The van der Waals surface area contributed by atoms with Crippen molar-refractivity contribution in [2.24, 2.45) is 0 Å². The van der Waals surface area contributed by atoms with Gasteiger partial charge in [0, 0.05) is 12.1 Å². The summed E-state index contributed by atoms with van der Waals surface area (Å²) >= 11 is 3.69. The molecule has 18 heavy (non-hydrogen) atoms. The molecule has 94 valence electrons. The standard InChI is InChI=1S/C14H16BrN3/c1-9-5-3-4-6-11(9)13-12(15)14-16-8-7-10(2)18(14)17-13/h3-6,10,16H,7-8H2,1-2H3. The van der Waals surface area contributed by atoms with E-state index in [-0.39, 0.29) is 0 Å². The van der Waals surface area contributed by atoms with Gasteiger partial charge in [0.2, 0.25) is 0 Å². The molecule has 0 amide bonds. The number of hydrogen-bond donors (Lipinski definition) is 1. The molecule has 2 heterocycles. The van der Waals surface area contributed by atoms with Crippen molar-refractivity contribution in [1.29, 1.82) is 0 Å². The lowest BCUT2D eigenvalue weighted by Gasteiger charge is -2.22. The maximum absolute atomic E-state index is 4.77. The highest BCUT2D eigenvalue weighted by molar-refractivity contribution is 9.10. The van der Waals surface area contributed by atoms with Crippen LogP contribution in [-0.2, 0) is 0 Å². The van der Waals surface area contributed by atoms with Crippen molar-refractivity contribution >= 4 is 21.7 Å². The highest BCUT2D eigenvalue weighted by Crippen LogP contribution is 2.38. The van der Waals surface area contributed by atoms with Gasteiger partial charge in [-0.2, -0.15) is 5.10 Å². The number of halogens is 1. The number of hydrogen-bond acceptors (Lipinski definition) is 2. The molecule has 0 saturated carbocycles. The molecule has 1 N–H and O–H groups in total. The van der Waals surface area contributed by atoms with E-state index < -0.39 is 0 Å². The van der Waals surface area contributed by atoms with Gasteiger partial charge in [-0.15, -0.1) is 0 Å². The van der Waals surface area contributed by atoms with E-state index in [0.717, 1.165) is 29.0 Å². The average molecular weight is 306 g/mol. The topological polar surface area (TPSA) is 29.9 Å². The second-order valence-corrected chi connectivity index (χ2v) is 5.63. The molecule has 2 aromatic rings. The van der Waals surface area contributed by atoms with Crippen LogP contribution in [0.2, 0.25) is 0 Å². The van der Waals surface area contributed by atoms with E-state index in [4.69, 9.17) is 5.10 Å². The van der Waals surface area contributed by atoms with Crippen LogP contribution in [0.1, 0.15) is 24.9 Å². The van der Waals surface area contributed by atoms with Crippen molar-refractivity contribution in [3.05, 3.63) is 34.3 Å². The molecule has 1 atom stereocenters. The Morgan fingerprint density at radius 3 is 2.89 bits per heavy atom. The average Bonchev–Trinajstić information content (AvgIpc) is 2.70. The molecule has 3 nitrogen and oxygen atoms in total. The maximum Gasteiger partial charge on any atom is 0.139 e. The van der Waals surface area contributed by atoms with Crippen molar-refractivity contribution in [2.75, 3.05) is 11.9 Å². The Morgan fingerprint density at radius 2 is 2.17 bits per heavy atom. The fourth-order valence-corrected chi connectivity index (χ4v) is 3.04. The van der Waals surface area contributed by atoms with Crippen LogP contribution in [0.25, 0.3) is 11.3 Å². The van der Waals surface area contributed by atoms with E-state index >= 15 is 0 Å². The molecular weight excluding hydrogens is 290 g/mol. The summed E-state index contributed by atoms with van der Waals surface area (Å²) in [6.45, 7) is 5.35. The van der Waals surface area contributed by atoms with Crippen LogP contribution in [0, 0.1) is 6.92 Å². The summed E-state index contributed by atoms with van der Waals surface area (Å²) in [6.07, 6.45) is 1.12. The molecule has 1 aromatic heterocycles. The smallest absolute Gasteiger partial charge is 0.139 e. The summed E-state index contributed by atoms with van der Waals surface area (Å²) in [4.78, 5) is 0. The first-order chi connectivity index (χ1) is 8.68. The summed E-state index contributed by atoms with van der Waals surface area (Å²) in [6, 6.07) is 8.82. The zero-order chi connectivity index (χ0) is 12.7. The molecule has 0 fully saturated rings. The van der Waals surface area contributed by atoms with E-state index in [1.165, 1.54) is 11.1 Å². The normalized spacial score (nSPS) is 18.3. The highest BCUT2D eigenvalue weighted by Gasteiger charge is 2.23. The Morgan fingerprint density at radius 1 is 1.39 bits per heavy atom. The molecule has 3 rings (SSSR count). The van der Waals surface area contributed by atoms with E-state index in [1.807, 2.05) is 0 Å². The number of aryl methyl sites for hydroxylation is 1. The van der Waals surface area contributed by atoms with Gasteiger partial charge in [-0.1, -0.05) is 24.3 Å². The number of nitrogens with one attached hydrogen (secondary N) is 1. The molecule has 0 saturated heterocycles. The minimum absolute atomic E-state index is 0.454.